The van der Waals surface area contributed by atoms with Crippen LogP contribution >= 0.6 is 11.6 Å². The zero-order chi connectivity index (χ0) is 14.1. The quantitative estimate of drug-likeness (QED) is 0.916. The Morgan fingerprint density at radius 3 is 2.80 bits per heavy atom. The lowest BCUT2D eigenvalue weighted by molar-refractivity contribution is -0.0422. The fourth-order valence-electron chi connectivity index (χ4n) is 2.61. The highest BCUT2D eigenvalue weighted by atomic mass is 35.5. The second-order valence-corrected chi connectivity index (χ2v) is 5.37. The van der Waals surface area contributed by atoms with Crippen molar-refractivity contribution in [3.05, 3.63) is 29.4 Å². The van der Waals surface area contributed by atoms with Crippen LogP contribution in [-0.4, -0.2) is 47.2 Å². The van der Waals surface area contributed by atoms with E-state index < -0.39 is 0 Å². The van der Waals surface area contributed by atoms with Gasteiger partial charge in [-0.1, -0.05) is 35.9 Å². The summed E-state index contributed by atoms with van der Waals surface area (Å²) in [7, 11) is 0. The topological polar surface area (TPSA) is 58.5 Å². The average Bonchev–Trinajstić information content (AvgIpc) is 2.47. The number of rotatable bonds is 2. The molecule has 5 nitrogen and oxygen atoms in total. The van der Waals surface area contributed by atoms with Crippen LogP contribution in [0.2, 0.25) is 5.15 Å². The van der Waals surface area contributed by atoms with Gasteiger partial charge in [0.25, 0.3) is 0 Å². The number of aliphatic hydroxyl groups is 1. The number of halogens is 1. The van der Waals surface area contributed by atoms with Gasteiger partial charge in [-0.15, -0.1) is 10.2 Å². The van der Waals surface area contributed by atoms with E-state index in [9.17, 15) is 5.11 Å². The van der Waals surface area contributed by atoms with Crippen molar-refractivity contribution in [1.29, 1.82) is 0 Å². The maximum atomic E-state index is 9.32. The molecule has 0 amide bonds. The van der Waals surface area contributed by atoms with Crippen molar-refractivity contribution in [2.24, 2.45) is 0 Å². The number of anilines is 1. The van der Waals surface area contributed by atoms with Gasteiger partial charge in [-0.25, -0.2) is 0 Å². The molecule has 0 spiro atoms. The van der Waals surface area contributed by atoms with E-state index >= 15 is 0 Å². The van der Waals surface area contributed by atoms with Gasteiger partial charge in [-0.05, 0) is 6.92 Å². The van der Waals surface area contributed by atoms with Crippen molar-refractivity contribution in [2.75, 3.05) is 24.6 Å². The lowest BCUT2D eigenvalue weighted by Crippen LogP contribution is -2.48. The Morgan fingerprint density at radius 2 is 2.05 bits per heavy atom. The van der Waals surface area contributed by atoms with Crippen molar-refractivity contribution in [3.63, 3.8) is 0 Å². The van der Waals surface area contributed by atoms with Crippen molar-refractivity contribution < 1.29 is 9.84 Å². The molecule has 0 radical (unpaired) electrons. The molecule has 0 saturated carbocycles. The fraction of sp³-hybridized carbons (Fsp3) is 0.429. The molecule has 1 aliphatic heterocycles. The van der Waals surface area contributed by atoms with Crippen molar-refractivity contribution in [1.82, 2.24) is 10.2 Å². The molecule has 1 saturated heterocycles. The average molecular weight is 294 g/mol. The lowest BCUT2D eigenvalue weighted by Gasteiger charge is -2.36. The molecule has 1 fully saturated rings. The lowest BCUT2D eigenvalue weighted by atomic mass is 10.1. The summed E-state index contributed by atoms with van der Waals surface area (Å²) in [4.78, 5) is 2.10. The van der Waals surface area contributed by atoms with Gasteiger partial charge in [0.1, 0.15) is 0 Å². The SMILES string of the molecule is CC1CN(c2nnc(Cl)c3ccccc23)CC(CO)O1. The third-order valence-electron chi connectivity index (χ3n) is 3.45. The molecule has 20 heavy (non-hydrogen) atoms. The number of ether oxygens (including phenoxy) is 1. The van der Waals surface area contributed by atoms with Crippen LogP contribution in [0, 0.1) is 0 Å². The van der Waals surface area contributed by atoms with Crippen LogP contribution in [0.15, 0.2) is 24.3 Å². The fourth-order valence-corrected chi connectivity index (χ4v) is 2.81. The molecular weight excluding hydrogens is 278 g/mol. The number of aromatic nitrogens is 2. The van der Waals surface area contributed by atoms with Crippen LogP contribution in [0.1, 0.15) is 6.92 Å². The second kappa shape index (κ2) is 5.52. The minimum Gasteiger partial charge on any atom is -0.394 e. The zero-order valence-corrected chi connectivity index (χ0v) is 11.9. The van der Waals surface area contributed by atoms with Crippen molar-refractivity contribution >= 4 is 28.2 Å². The van der Waals surface area contributed by atoms with E-state index in [1.165, 1.54) is 0 Å². The number of hydrogen-bond donors (Lipinski definition) is 1. The normalized spacial score (nSPS) is 23.2. The Morgan fingerprint density at radius 1 is 1.30 bits per heavy atom. The molecule has 1 N–H and O–H groups in total. The summed E-state index contributed by atoms with van der Waals surface area (Å²) in [6, 6.07) is 7.80. The highest BCUT2D eigenvalue weighted by Crippen LogP contribution is 2.29. The summed E-state index contributed by atoms with van der Waals surface area (Å²) in [5, 5.41) is 19.9. The van der Waals surface area contributed by atoms with Gasteiger partial charge in [-0.2, -0.15) is 0 Å². The van der Waals surface area contributed by atoms with Crippen molar-refractivity contribution in [2.45, 2.75) is 19.1 Å². The van der Waals surface area contributed by atoms with Gasteiger partial charge in [0.2, 0.25) is 0 Å². The second-order valence-electron chi connectivity index (χ2n) is 5.02. The number of aliphatic hydroxyl groups excluding tert-OH is 1. The molecule has 6 heteroatoms. The standard InChI is InChI=1S/C14H16ClN3O2/c1-9-6-18(7-10(8-19)20-9)14-12-5-3-2-4-11(12)13(15)16-17-14/h2-5,9-10,19H,6-8H2,1H3. The highest BCUT2D eigenvalue weighted by Gasteiger charge is 2.27. The van der Waals surface area contributed by atoms with E-state index in [4.69, 9.17) is 16.3 Å². The van der Waals surface area contributed by atoms with Gasteiger partial charge >= 0.3 is 0 Å². The molecule has 1 aliphatic rings. The van der Waals surface area contributed by atoms with E-state index in [1.54, 1.807) is 0 Å². The molecule has 0 bridgehead atoms. The molecule has 2 unspecified atom stereocenters. The van der Waals surface area contributed by atoms with E-state index in [0.717, 1.165) is 23.1 Å². The van der Waals surface area contributed by atoms with Crippen LogP contribution in [0.5, 0.6) is 0 Å². The van der Waals surface area contributed by atoms with Crippen LogP contribution in [0.3, 0.4) is 0 Å². The minimum absolute atomic E-state index is 0.000207. The molecule has 2 aromatic rings. The molecule has 1 aromatic carbocycles. The highest BCUT2D eigenvalue weighted by molar-refractivity contribution is 6.34. The van der Waals surface area contributed by atoms with E-state index in [1.807, 2.05) is 31.2 Å². The maximum Gasteiger partial charge on any atom is 0.159 e. The maximum absolute atomic E-state index is 9.32. The molecule has 1 aromatic heterocycles. The summed E-state index contributed by atoms with van der Waals surface area (Å²) < 4.78 is 5.66. The Kier molecular flexibility index (Phi) is 3.74. The van der Waals surface area contributed by atoms with Crippen LogP contribution in [0.25, 0.3) is 10.8 Å². The summed E-state index contributed by atoms with van der Waals surface area (Å²) in [6.45, 7) is 3.30. The monoisotopic (exact) mass is 293 g/mol. The summed E-state index contributed by atoms with van der Waals surface area (Å²) in [5.41, 5.74) is 0. The zero-order valence-electron chi connectivity index (χ0n) is 11.2. The third-order valence-corrected chi connectivity index (χ3v) is 3.73. The Labute approximate surface area is 122 Å². The Balaban J connectivity index is 2.03. The summed E-state index contributed by atoms with van der Waals surface area (Å²) in [6.07, 6.45) is -0.160. The van der Waals surface area contributed by atoms with Gasteiger partial charge in [0, 0.05) is 23.9 Å². The van der Waals surface area contributed by atoms with Crippen LogP contribution < -0.4 is 4.90 Å². The first-order valence-electron chi connectivity index (χ1n) is 6.61. The molecular formula is C14H16ClN3O2. The first-order chi connectivity index (χ1) is 9.69. The Hall–Kier alpha value is -1.43. The smallest absolute Gasteiger partial charge is 0.159 e. The number of nitrogens with zero attached hydrogens (tertiary/aromatic N) is 3. The van der Waals surface area contributed by atoms with Gasteiger partial charge in [-0.3, -0.25) is 0 Å². The molecule has 0 aliphatic carbocycles. The molecule has 2 atom stereocenters. The first-order valence-corrected chi connectivity index (χ1v) is 6.99. The van der Waals surface area contributed by atoms with Gasteiger partial charge in [0.15, 0.2) is 11.0 Å². The summed E-state index contributed by atoms with van der Waals surface area (Å²) in [5.74, 6) is 0.790. The van der Waals surface area contributed by atoms with Gasteiger partial charge < -0.3 is 14.7 Å². The minimum atomic E-state index is -0.199. The Bertz CT molecular complexity index is 622. The first kappa shape index (κ1) is 13.5. The number of fused-ring (bicyclic) bond motifs is 1. The van der Waals surface area contributed by atoms with E-state index in [0.29, 0.717) is 11.7 Å². The molecule has 2 heterocycles. The predicted octanol–water partition coefficient (Wildman–Crippen LogP) is 1.87. The third kappa shape index (κ3) is 2.44. The predicted molar refractivity (Wildman–Crippen MR) is 78.2 cm³/mol. The largest absolute Gasteiger partial charge is 0.394 e. The molecule has 3 rings (SSSR count). The van der Waals surface area contributed by atoms with Gasteiger partial charge in [0.05, 0.1) is 18.8 Å². The van der Waals surface area contributed by atoms with Crippen molar-refractivity contribution in [3.8, 4) is 0 Å². The van der Waals surface area contributed by atoms with E-state index in [-0.39, 0.29) is 18.8 Å². The summed E-state index contributed by atoms with van der Waals surface area (Å²) >= 11 is 6.10. The van der Waals surface area contributed by atoms with Crippen LogP contribution in [0.4, 0.5) is 5.82 Å². The number of benzene rings is 1. The van der Waals surface area contributed by atoms with E-state index in [2.05, 4.69) is 15.1 Å². The van der Waals surface area contributed by atoms with Crippen LogP contribution in [-0.2, 0) is 4.74 Å². The number of morpholine rings is 1. The number of hydrogen-bond acceptors (Lipinski definition) is 5. The molecule has 106 valence electrons.